The molecule has 0 atom stereocenters. The fraction of sp³-hybridized carbons (Fsp3) is 0.417. The standard InChI is InChI=1S/C12H18N2OS/c1-14(2)9-8-13-12(15)10-6-4-5-7-11(10)16-3/h4-7H,8-9H2,1-3H3,(H,13,15). The molecule has 1 rings (SSSR count). The fourth-order valence-corrected chi connectivity index (χ4v) is 1.92. The predicted octanol–water partition coefficient (Wildman–Crippen LogP) is 1.70. The molecule has 0 aliphatic heterocycles. The van der Waals surface area contributed by atoms with E-state index in [9.17, 15) is 4.79 Å². The van der Waals surface area contributed by atoms with E-state index in [1.54, 1.807) is 11.8 Å². The van der Waals surface area contributed by atoms with Crippen LogP contribution in [0.4, 0.5) is 0 Å². The Labute approximate surface area is 101 Å². The third kappa shape index (κ3) is 3.87. The maximum atomic E-state index is 11.9. The lowest BCUT2D eigenvalue weighted by molar-refractivity contribution is 0.0948. The van der Waals surface area contributed by atoms with Gasteiger partial charge >= 0.3 is 0 Å². The van der Waals surface area contributed by atoms with E-state index < -0.39 is 0 Å². The van der Waals surface area contributed by atoms with Crippen LogP contribution in [0.2, 0.25) is 0 Å². The largest absolute Gasteiger partial charge is 0.351 e. The van der Waals surface area contributed by atoms with Crippen molar-refractivity contribution in [3.05, 3.63) is 29.8 Å². The Hall–Kier alpha value is -1.00. The first-order valence-corrected chi connectivity index (χ1v) is 6.43. The van der Waals surface area contributed by atoms with Crippen LogP contribution in [-0.2, 0) is 0 Å². The third-order valence-corrected chi connectivity index (χ3v) is 2.99. The highest BCUT2D eigenvalue weighted by atomic mass is 32.2. The highest BCUT2D eigenvalue weighted by Crippen LogP contribution is 2.19. The zero-order chi connectivity index (χ0) is 12.0. The van der Waals surface area contributed by atoms with Gasteiger partial charge in [0.05, 0.1) is 5.56 Å². The molecule has 1 aromatic rings. The maximum Gasteiger partial charge on any atom is 0.252 e. The summed E-state index contributed by atoms with van der Waals surface area (Å²) in [4.78, 5) is 14.9. The lowest BCUT2D eigenvalue weighted by atomic mass is 10.2. The van der Waals surface area contributed by atoms with Gasteiger partial charge in [-0.25, -0.2) is 0 Å². The van der Waals surface area contributed by atoms with Crippen molar-refractivity contribution in [1.82, 2.24) is 10.2 Å². The molecule has 0 unspecified atom stereocenters. The normalized spacial score (nSPS) is 10.5. The molecule has 16 heavy (non-hydrogen) atoms. The van der Waals surface area contributed by atoms with Gasteiger partial charge < -0.3 is 10.2 Å². The van der Waals surface area contributed by atoms with Crippen LogP contribution in [0.5, 0.6) is 0 Å². The summed E-state index contributed by atoms with van der Waals surface area (Å²) in [6, 6.07) is 7.66. The topological polar surface area (TPSA) is 32.3 Å². The van der Waals surface area contributed by atoms with Gasteiger partial charge in [-0.15, -0.1) is 11.8 Å². The molecular formula is C12H18N2OS. The number of thioether (sulfide) groups is 1. The number of benzene rings is 1. The van der Waals surface area contributed by atoms with Gasteiger partial charge in [-0.1, -0.05) is 12.1 Å². The van der Waals surface area contributed by atoms with Gasteiger partial charge in [0, 0.05) is 18.0 Å². The molecule has 0 saturated carbocycles. The quantitative estimate of drug-likeness (QED) is 0.792. The number of carbonyl (C=O) groups excluding carboxylic acids is 1. The van der Waals surface area contributed by atoms with Crippen LogP contribution in [0.25, 0.3) is 0 Å². The molecule has 1 amide bonds. The summed E-state index contributed by atoms with van der Waals surface area (Å²) in [5, 5.41) is 2.91. The van der Waals surface area contributed by atoms with Crippen molar-refractivity contribution >= 4 is 17.7 Å². The summed E-state index contributed by atoms with van der Waals surface area (Å²) in [5.74, 6) is 0.00630. The Balaban J connectivity index is 2.59. The number of rotatable bonds is 5. The van der Waals surface area contributed by atoms with E-state index in [4.69, 9.17) is 0 Å². The Kier molecular flexibility index (Phi) is 5.35. The molecule has 4 heteroatoms. The zero-order valence-corrected chi connectivity index (χ0v) is 10.8. The van der Waals surface area contributed by atoms with Crippen LogP contribution in [0.1, 0.15) is 10.4 Å². The number of hydrogen-bond acceptors (Lipinski definition) is 3. The monoisotopic (exact) mass is 238 g/mol. The number of nitrogens with zero attached hydrogens (tertiary/aromatic N) is 1. The van der Waals surface area contributed by atoms with Crippen molar-refractivity contribution in [3.63, 3.8) is 0 Å². The lowest BCUT2D eigenvalue weighted by Crippen LogP contribution is -2.31. The average Bonchev–Trinajstić information content (AvgIpc) is 2.28. The molecule has 0 radical (unpaired) electrons. The minimum atomic E-state index is 0.00630. The maximum absolute atomic E-state index is 11.9. The van der Waals surface area contributed by atoms with Crippen molar-refractivity contribution in [2.45, 2.75) is 4.90 Å². The van der Waals surface area contributed by atoms with Crippen molar-refractivity contribution < 1.29 is 4.79 Å². The van der Waals surface area contributed by atoms with E-state index in [0.29, 0.717) is 6.54 Å². The Morgan fingerprint density at radius 3 is 2.69 bits per heavy atom. The number of likely N-dealkylation sites (N-methyl/N-ethyl adjacent to an activating group) is 1. The van der Waals surface area contributed by atoms with E-state index in [1.165, 1.54) is 0 Å². The SMILES string of the molecule is CSc1ccccc1C(=O)NCCN(C)C. The van der Waals surface area contributed by atoms with Crippen LogP contribution in [-0.4, -0.2) is 44.2 Å². The number of carbonyl (C=O) groups is 1. The van der Waals surface area contributed by atoms with E-state index >= 15 is 0 Å². The van der Waals surface area contributed by atoms with Gasteiger partial charge in [0.25, 0.3) is 5.91 Å². The highest BCUT2D eigenvalue weighted by molar-refractivity contribution is 7.98. The summed E-state index contributed by atoms with van der Waals surface area (Å²) >= 11 is 1.59. The second-order valence-electron chi connectivity index (χ2n) is 3.76. The van der Waals surface area contributed by atoms with Crippen LogP contribution in [0.15, 0.2) is 29.2 Å². The van der Waals surface area contributed by atoms with E-state index in [0.717, 1.165) is 17.0 Å². The molecule has 1 N–H and O–H groups in total. The van der Waals surface area contributed by atoms with Crippen molar-refractivity contribution in [2.24, 2.45) is 0 Å². The summed E-state index contributed by atoms with van der Waals surface area (Å²) in [5.41, 5.74) is 0.758. The summed E-state index contributed by atoms with van der Waals surface area (Å²) in [6.07, 6.45) is 1.98. The van der Waals surface area contributed by atoms with Gasteiger partial charge in [0.15, 0.2) is 0 Å². The number of nitrogens with one attached hydrogen (secondary N) is 1. The molecule has 0 aliphatic carbocycles. The van der Waals surface area contributed by atoms with Crippen molar-refractivity contribution in [2.75, 3.05) is 33.4 Å². The van der Waals surface area contributed by atoms with Crippen LogP contribution < -0.4 is 5.32 Å². The molecular weight excluding hydrogens is 220 g/mol. The second-order valence-corrected chi connectivity index (χ2v) is 4.61. The van der Waals surface area contributed by atoms with E-state index in [2.05, 4.69) is 5.32 Å². The molecule has 1 aromatic carbocycles. The predicted molar refractivity (Wildman–Crippen MR) is 69.1 cm³/mol. The highest BCUT2D eigenvalue weighted by Gasteiger charge is 2.09. The first-order valence-electron chi connectivity index (χ1n) is 5.21. The first kappa shape index (κ1) is 13.1. The first-order chi connectivity index (χ1) is 7.65. The second kappa shape index (κ2) is 6.55. The summed E-state index contributed by atoms with van der Waals surface area (Å²) < 4.78 is 0. The lowest BCUT2D eigenvalue weighted by Gasteiger charge is -2.11. The van der Waals surface area contributed by atoms with E-state index in [-0.39, 0.29) is 5.91 Å². The minimum Gasteiger partial charge on any atom is -0.351 e. The third-order valence-electron chi connectivity index (χ3n) is 2.20. The average molecular weight is 238 g/mol. The van der Waals surface area contributed by atoms with Gasteiger partial charge in [-0.3, -0.25) is 4.79 Å². The molecule has 88 valence electrons. The molecule has 0 fully saturated rings. The fourth-order valence-electron chi connectivity index (χ4n) is 1.32. The molecule has 0 aliphatic rings. The Morgan fingerprint density at radius 2 is 2.06 bits per heavy atom. The van der Waals surface area contributed by atoms with E-state index in [1.807, 2.05) is 49.5 Å². The van der Waals surface area contributed by atoms with Gasteiger partial charge in [-0.05, 0) is 32.5 Å². The Bertz CT molecular complexity index is 353. The molecule has 0 heterocycles. The van der Waals surface area contributed by atoms with Gasteiger partial charge in [0.2, 0.25) is 0 Å². The molecule has 0 saturated heterocycles. The molecule has 0 spiro atoms. The minimum absolute atomic E-state index is 0.00630. The molecule has 0 aromatic heterocycles. The van der Waals surface area contributed by atoms with Crippen molar-refractivity contribution in [1.29, 1.82) is 0 Å². The summed E-state index contributed by atoms with van der Waals surface area (Å²) in [7, 11) is 3.98. The Morgan fingerprint density at radius 1 is 1.38 bits per heavy atom. The number of hydrogen-bond donors (Lipinski definition) is 1. The van der Waals surface area contributed by atoms with Crippen LogP contribution in [0.3, 0.4) is 0 Å². The molecule has 3 nitrogen and oxygen atoms in total. The smallest absolute Gasteiger partial charge is 0.252 e. The number of amides is 1. The zero-order valence-electron chi connectivity index (χ0n) is 9.99. The molecule has 0 bridgehead atoms. The van der Waals surface area contributed by atoms with Gasteiger partial charge in [0.1, 0.15) is 0 Å². The summed E-state index contributed by atoms with van der Waals surface area (Å²) in [6.45, 7) is 1.53. The van der Waals surface area contributed by atoms with Gasteiger partial charge in [-0.2, -0.15) is 0 Å². The van der Waals surface area contributed by atoms with Crippen LogP contribution in [0, 0.1) is 0 Å². The van der Waals surface area contributed by atoms with Crippen LogP contribution >= 0.6 is 11.8 Å². The van der Waals surface area contributed by atoms with Crippen molar-refractivity contribution in [3.8, 4) is 0 Å².